The van der Waals surface area contributed by atoms with Crippen LogP contribution in [0, 0.1) is 18.6 Å². The second-order valence-corrected chi connectivity index (χ2v) is 3.96. The first-order valence-corrected chi connectivity index (χ1v) is 4.53. The third-order valence-corrected chi connectivity index (χ3v) is 2.55. The Hall–Kier alpha value is -0.960. The average molecular weight is 199 g/mol. The third kappa shape index (κ3) is 1.93. The second-order valence-electron chi connectivity index (χ2n) is 3.96. The maximum absolute atomic E-state index is 13.5. The first-order chi connectivity index (χ1) is 6.38. The number of aryl methyl sites for hydroxylation is 1. The summed E-state index contributed by atoms with van der Waals surface area (Å²) in [6, 6.07) is 2.48. The van der Waals surface area contributed by atoms with Crippen molar-refractivity contribution >= 4 is 0 Å². The number of nitrogens with one attached hydrogen (secondary N) is 1. The lowest BCUT2D eigenvalue weighted by Gasteiger charge is -2.25. The molecular weight excluding hydrogens is 184 g/mol. The van der Waals surface area contributed by atoms with Crippen LogP contribution in [0.5, 0.6) is 0 Å². The molecule has 14 heavy (non-hydrogen) atoms. The van der Waals surface area contributed by atoms with E-state index in [0.717, 1.165) is 0 Å². The minimum atomic E-state index is -0.557. The van der Waals surface area contributed by atoms with E-state index < -0.39 is 5.54 Å². The van der Waals surface area contributed by atoms with Gasteiger partial charge in [-0.1, -0.05) is 0 Å². The van der Waals surface area contributed by atoms with Crippen molar-refractivity contribution in [1.82, 2.24) is 5.32 Å². The van der Waals surface area contributed by atoms with Crippen LogP contribution in [0.3, 0.4) is 0 Å². The molecule has 0 saturated carbocycles. The minimum Gasteiger partial charge on any atom is -0.311 e. The van der Waals surface area contributed by atoms with Crippen molar-refractivity contribution in [3.63, 3.8) is 0 Å². The van der Waals surface area contributed by atoms with Crippen molar-refractivity contribution in [2.75, 3.05) is 7.05 Å². The van der Waals surface area contributed by atoms with Crippen LogP contribution in [0.25, 0.3) is 0 Å². The molecule has 0 aromatic heterocycles. The molecule has 0 aliphatic rings. The van der Waals surface area contributed by atoms with E-state index >= 15 is 0 Å². The van der Waals surface area contributed by atoms with Gasteiger partial charge in [0.05, 0.1) is 0 Å². The van der Waals surface area contributed by atoms with E-state index in [9.17, 15) is 8.78 Å². The Morgan fingerprint density at radius 3 is 2.21 bits per heavy atom. The van der Waals surface area contributed by atoms with Crippen LogP contribution in [0.2, 0.25) is 0 Å². The first-order valence-electron chi connectivity index (χ1n) is 4.53. The third-order valence-electron chi connectivity index (χ3n) is 2.55. The molecule has 0 saturated heterocycles. The fraction of sp³-hybridized carbons (Fsp3) is 0.455. The Morgan fingerprint density at radius 1 is 1.14 bits per heavy atom. The number of rotatable bonds is 2. The molecule has 1 aromatic carbocycles. The van der Waals surface area contributed by atoms with Crippen LogP contribution < -0.4 is 5.32 Å². The van der Waals surface area contributed by atoms with Crippen molar-refractivity contribution in [1.29, 1.82) is 0 Å². The molecule has 1 N–H and O–H groups in total. The standard InChI is InChI=1S/C11H15F2N/c1-7-5-10(13)8(6-9(7)12)11(2,3)14-4/h5-6,14H,1-4H3. The lowest BCUT2D eigenvalue weighted by Crippen LogP contribution is -2.34. The highest BCUT2D eigenvalue weighted by atomic mass is 19.1. The molecule has 78 valence electrons. The van der Waals surface area contributed by atoms with E-state index in [4.69, 9.17) is 0 Å². The van der Waals surface area contributed by atoms with Crippen LogP contribution in [0.4, 0.5) is 8.78 Å². The summed E-state index contributed by atoms with van der Waals surface area (Å²) in [5.41, 5.74) is 0.125. The van der Waals surface area contributed by atoms with Crippen LogP contribution in [-0.4, -0.2) is 7.05 Å². The second kappa shape index (κ2) is 3.65. The zero-order valence-corrected chi connectivity index (χ0v) is 8.91. The molecule has 1 nitrogen and oxygen atoms in total. The van der Waals surface area contributed by atoms with E-state index in [1.165, 1.54) is 12.1 Å². The van der Waals surface area contributed by atoms with Crippen molar-refractivity contribution in [2.45, 2.75) is 26.3 Å². The largest absolute Gasteiger partial charge is 0.311 e. The van der Waals surface area contributed by atoms with Gasteiger partial charge in [-0.25, -0.2) is 8.78 Å². The van der Waals surface area contributed by atoms with E-state index in [0.29, 0.717) is 11.1 Å². The molecule has 0 aliphatic carbocycles. The Balaban J connectivity index is 3.29. The zero-order chi connectivity index (χ0) is 10.9. The zero-order valence-electron chi connectivity index (χ0n) is 8.91. The maximum atomic E-state index is 13.5. The highest BCUT2D eigenvalue weighted by molar-refractivity contribution is 5.30. The van der Waals surface area contributed by atoms with E-state index in [2.05, 4.69) is 5.32 Å². The number of hydrogen-bond acceptors (Lipinski definition) is 1. The van der Waals surface area contributed by atoms with Crippen molar-refractivity contribution in [3.05, 3.63) is 34.9 Å². The minimum absolute atomic E-state index is 0.332. The molecule has 0 fully saturated rings. The van der Waals surface area contributed by atoms with E-state index in [-0.39, 0.29) is 11.6 Å². The Kier molecular flexibility index (Phi) is 2.90. The quantitative estimate of drug-likeness (QED) is 0.772. The average Bonchev–Trinajstić information content (AvgIpc) is 2.11. The van der Waals surface area contributed by atoms with Crippen molar-refractivity contribution in [3.8, 4) is 0 Å². The van der Waals surface area contributed by atoms with Gasteiger partial charge in [-0.3, -0.25) is 0 Å². The van der Waals surface area contributed by atoms with Gasteiger partial charge >= 0.3 is 0 Å². The number of halogens is 2. The lowest BCUT2D eigenvalue weighted by molar-refractivity contribution is 0.415. The van der Waals surface area contributed by atoms with Gasteiger partial charge in [-0.05, 0) is 45.5 Å². The monoisotopic (exact) mass is 199 g/mol. The maximum Gasteiger partial charge on any atom is 0.128 e. The van der Waals surface area contributed by atoms with Gasteiger partial charge < -0.3 is 5.32 Å². The predicted molar refractivity (Wildman–Crippen MR) is 53.2 cm³/mol. The van der Waals surface area contributed by atoms with Gasteiger partial charge in [0.25, 0.3) is 0 Å². The molecule has 3 heteroatoms. The Morgan fingerprint density at radius 2 is 1.71 bits per heavy atom. The molecule has 0 heterocycles. The lowest BCUT2D eigenvalue weighted by atomic mass is 9.93. The van der Waals surface area contributed by atoms with Crippen LogP contribution >= 0.6 is 0 Å². The summed E-state index contributed by atoms with van der Waals surface area (Å²) in [7, 11) is 1.72. The van der Waals surface area contributed by atoms with Gasteiger partial charge in [0.2, 0.25) is 0 Å². The Bertz CT molecular complexity index is 345. The summed E-state index contributed by atoms with van der Waals surface area (Å²) in [4.78, 5) is 0. The fourth-order valence-corrected chi connectivity index (χ4v) is 1.26. The molecule has 1 rings (SSSR count). The summed E-state index contributed by atoms with van der Waals surface area (Å²) in [6.07, 6.45) is 0. The van der Waals surface area contributed by atoms with Gasteiger partial charge in [-0.15, -0.1) is 0 Å². The fourth-order valence-electron chi connectivity index (χ4n) is 1.26. The molecule has 1 aromatic rings. The van der Waals surface area contributed by atoms with Gasteiger partial charge in [0.15, 0.2) is 0 Å². The predicted octanol–water partition coefficient (Wildman–Crippen LogP) is 2.73. The van der Waals surface area contributed by atoms with Gasteiger partial charge in [0.1, 0.15) is 11.6 Å². The molecular formula is C11H15F2N. The van der Waals surface area contributed by atoms with Gasteiger partial charge in [-0.2, -0.15) is 0 Å². The molecule has 0 radical (unpaired) electrons. The van der Waals surface area contributed by atoms with Crippen LogP contribution in [0.1, 0.15) is 25.0 Å². The summed E-state index contributed by atoms with van der Waals surface area (Å²) < 4.78 is 26.7. The normalized spacial score (nSPS) is 11.9. The molecule has 0 amide bonds. The number of hydrogen-bond donors (Lipinski definition) is 1. The summed E-state index contributed by atoms with van der Waals surface area (Å²) in [5.74, 6) is -0.743. The highest BCUT2D eigenvalue weighted by Crippen LogP contribution is 2.24. The number of benzene rings is 1. The van der Waals surface area contributed by atoms with Crippen LogP contribution in [-0.2, 0) is 5.54 Å². The topological polar surface area (TPSA) is 12.0 Å². The van der Waals surface area contributed by atoms with Crippen molar-refractivity contribution in [2.24, 2.45) is 0 Å². The first kappa shape index (κ1) is 11.1. The molecule has 0 atom stereocenters. The van der Waals surface area contributed by atoms with E-state index in [1.54, 1.807) is 27.8 Å². The SMILES string of the molecule is CNC(C)(C)c1cc(F)c(C)cc1F. The van der Waals surface area contributed by atoms with Gasteiger partial charge in [0, 0.05) is 11.1 Å². The molecule has 0 unspecified atom stereocenters. The molecule has 0 aliphatic heterocycles. The summed E-state index contributed by atoms with van der Waals surface area (Å²) in [6.45, 7) is 5.16. The van der Waals surface area contributed by atoms with Crippen LogP contribution in [0.15, 0.2) is 12.1 Å². The molecule has 0 spiro atoms. The summed E-state index contributed by atoms with van der Waals surface area (Å²) >= 11 is 0. The van der Waals surface area contributed by atoms with Crippen molar-refractivity contribution < 1.29 is 8.78 Å². The van der Waals surface area contributed by atoms with E-state index in [1.807, 2.05) is 0 Å². The Labute approximate surface area is 83.1 Å². The molecule has 0 bridgehead atoms. The highest BCUT2D eigenvalue weighted by Gasteiger charge is 2.23. The smallest absolute Gasteiger partial charge is 0.128 e. The summed E-state index contributed by atoms with van der Waals surface area (Å²) in [5, 5.41) is 2.94.